The SMILES string of the molecule is OCN1C=CN(CO)C1.[CH3-]. The molecule has 0 aromatic heterocycles. The van der Waals surface area contributed by atoms with Gasteiger partial charge < -0.3 is 27.4 Å². The van der Waals surface area contributed by atoms with E-state index in [0.29, 0.717) is 6.67 Å². The molecule has 0 aliphatic carbocycles. The van der Waals surface area contributed by atoms with Crippen LogP contribution in [0.4, 0.5) is 0 Å². The van der Waals surface area contributed by atoms with Gasteiger partial charge in [0.05, 0.1) is 6.67 Å². The molecule has 1 aliphatic rings. The maximum Gasteiger partial charge on any atom is 0.116 e. The molecule has 0 aromatic carbocycles. The summed E-state index contributed by atoms with van der Waals surface area (Å²) in [5, 5.41) is 17.1. The Balaban J connectivity index is 0.000000810. The first-order chi connectivity index (χ1) is 4.36. The van der Waals surface area contributed by atoms with Crippen molar-refractivity contribution >= 4 is 0 Å². The summed E-state index contributed by atoms with van der Waals surface area (Å²) >= 11 is 0. The van der Waals surface area contributed by atoms with Crippen molar-refractivity contribution < 1.29 is 10.2 Å². The lowest BCUT2D eigenvalue weighted by Crippen LogP contribution is -2.26. The molecule has 1 rings (SSSR count). The fourth-order valence-electron chi connectivity index (χ4n) is 0.700. The van der Waals surface area contributed by atoms with Crippen LogP contribution in [0.15, 0.2) is 12.4 Å². The quantitative estimate of drug-likeness (QED) is 0.508. The molecule has 0 fully saturated rings. The Morgan fingerprint density at radius 1 is 1.10 bits per heavy atom. The van der Waals surface area contributed by atoms with Crippen molar-refractivity contribution in [2.45, 2.75) is 0 Å². The van der Waals surface area contributed by atoms with Crippen LogP contribution in [0.1, 0.15) is 0 Å². The summed E-state index contributed by atoms with van der Waals surface area (Å²) in [4.78, 5) is 3.35. The standard InChI is InChI=1S/C5H10N2O2.CH3/c8-4-6-1-2-7(3-6)5-9;/h1-2,8-9H,3-5H2;1H3/q;-1. The van der Waals surface area contributed by atoms with Crippen molar-refractivity contribution in [1.82, 2.24) is 9.80 Å². The van der Waals surface area contributed by atoms with Gasteiger partial charge in [0.25, 0.3) is 0 Å². The van der Waals surface area contributed by atoms with E-state index in [2.05, 4.69) is 0 Å². The summed E-state index contributed by atoms with van der Waals surface area (Å²) in [6.45, 7) is 0.590. The van der Waals surface area contributed by atoms with Crippen molar-refractivity contribution in [2.75, 3.05) is 20.1 Å². The van der Waals surface area contributed by atoms with Gasteiger partial charge in [-0.2, -0.15) is 0 Å². The molecular formula is C6H13N2O2-. The van der Waals surface area contributed by atoms with Crippen molar-refractivity contribution in [3.05, 3.63) is 19.8 Å². The fraction of sp³-hybridized carbons (Fsp3) is 0.500. The number of hydrogen-bond acceptors (Lipinski definition) is 4. The zero-order valence-electron chi connectivity index (χ0n) is 6.06. The molecule has 10 heavy (non-hydrogen) atoms. The van der Waals surface area contributed by atoms with E-state index in [0.717, 1.165) is 0 Å². The van der Waals surface area contributed by atoms with Gasteiger partial charge in [0.2, 0.25) is 0 Å². The average molecular weight is 145 g/mol. The lowest BCUT2D eigenvalue weighted by molar-refractivity contribution is 0.0866. The second-order valence-corrected chi connectivity index (χ2v) is 1.90. The molecule has 2 N–H and O–H groups in total. The second kappa shape index (κ2) is 4.14. The average Bonchev–Trinajstić information content (AvgIpc) is 2.34. The van der Waals surface area contributed by atoms with Crippen molar-refractivity contribution in [1.29, 1.82) is 0 Å². The molecular weight excluding hydrogens is 132 g/mol. The van der Waals surface area contributed by atoms with Crippen molar-refractivity contribution in [3.63, 3.8) is 0 Å². The summed E-state index contributed by atoms with van der Waals surface area (Å²) in [6.07, 6.45) is 3.46. The molecule has 0 saturated carbocycles. The van der Waals surface area contributed by atoms with Crippen LogP contribution in [0, 0.1) is 7.43 Å². The van der Waals surface area contributed by atoms with Crippen LogP contribution in [-0.4, -0.2) is 40.1 Å². The summed E-state index contributed by atoms with van der Waals surface area (Å²) in [5.74, 6) is 0. The summed E-state index contributed by atoms with van der Waals surface area (Å²) in [6, 6.07) is 0. The number of aliphatic hydroxyl groups excluding tert-OH is 2. The second-order valence-electron chi connectivity index (χ2n) is 1.90. The normalized spacial score (nSPS) is 15.8. The van der Waals surface area contributed by atoms with E-state index in [9.17, 15) is 0 Å². The fourth-order valence-corrected chi connectivity index (χ4v) is 0.700. The zero-order valence-corrected chi connectivity index (χ0v) is 6.06. The first-order valence-electron chi connectivity index (χ1n) is 2.75. The monoisotopic (exact) mass is 145 g/mol. The van der Waals surface area contributed by atoms with E-state index in [-0.39, 0.29) is 20.9 Å². The van der Waals surface area contributed by atoms with Crippen LogP contribution in [-0.2, 0) is 0 Å². The Labute approximate surface area is 61.0 Å². The van der Waals surface area contributed by atoms with Gasteiger partial charge in [-0.05, 0) is 0 Å². The molecule has 0 bridgehead atoms. The molecule has 1 heterocycles. The molecule has 4 heteroatoms. The highest BCUT2D eigenvalue weighted by atomic mass is 16.3. The van der Waals surface area contributed by atoms with Crippen LogP contribution >= 0.6 is 0 Å². The van der Waals surface area contributed by atoms with Crippen LogP contribution in [0.3, 0.4) is 0 Å². The van der Waals surface area contributed by atoms with Gasteiger partial charge in [0.15, 0.2) is 0 Å². The van der Waals surface area contributed by atoms with Crippen LogP contribution < -0.4 is 0 Å². The Kier molecular flexibility index (Phi) is 3.83. The summed E-state index contributed by atoms with van der Waals surface area (Å²) < 4.78 is 0. The van der Waals surface area contributed by atoms with Gasteiger partial charge in [0.1, 0.15) is 13.5 Å². The van der Waals surface area contributed by atoms with E-state index >= 15 is 0 Å². The van der Waals surface area contributed by atoms with Gasteiger partial charge >= 0.3 is 0 Å². The lowest BCUT2D eigenvalue weighted by Gasteiger charge is -2.16. The maximum atomic E-state index is 8.55. The Morgan fingerprint density at radius 3 is 1.70 bits per heavy atom. The third-order valence-electron chi connectivity index (χ3n) is 1.21. The Bertz CT molecular complexity index is 104. The van der Waals surface area contributed by atoms with E-state index in [1.807, 2.05) is 0 Å². The topological polar surface area (TPSA) is 46.9 Å². The van der Waals surface area contributed by atoms with Crippen molar-refractivity contribution in [3.8, 4) is 0 Å². The minimum Gasteiger partial charge on any atom is -0.376 e. The number of nitrogens with zero attached hydrogens (tertiary/aromatic N) is 2. The van der Waals surface area contributed by atoms with E-state index in [1.165, 1.54) is 0 Å². The number of hydrogen-bond donors (Lipinski definition) is 2. The molecule has 0 radical (unpaired) electrons. The summed E-state index contributed by atoms with van der Waals surface area (Å²) in [7, 11) is 0. The molecule has 0 aromatic rings. The first kappa shape index (κ1) is 9.26. The molecule has 1 aliphatic heterocycles. The third kappa shape index (κ3) is 1.89. The molecule has 0 atom stereocenters. The predicted molar refractivity (Wildman–Crippen MR) is 38.3 cm³/mol. The van der Waals surface area contributed by atoms with Crippen LogP contribution in [0.25, 0.3) is 0 Å². The molecule has 0 spiro atoms. The highest BCUT2D eigenvalue weighted by Gasteiger charge is 2.07. The van der Waals surface area contributed by atoms with E-state index in [4.69, 9.17) is 10.2 Å². The van der Waals surface area contributed by atoms with Gasteiger partial charge in [-0.25, -0.2) is 0 Å². The van der Waals surface area contributed by atoms with E-state index in [1.54, 1.807) is 22.2 Å². The first-order valence-corrected chi connectivity index (χ1v) is 2.75. The minimum atomic E-state index is 0. The Hall–Kier alpha value is -0.740. The van der Waals surface area contributed by atoms with Gasteiger partial charge in [-0.3, -0.25) is 0 Å². The molecule has 0 amide bonds. The van der Waals surface area contributed by atoms with Gasteiger partial charge in [-0.15, -0.1) is 0 Å². The van der Waals surface area contributed by atoms with Gasteiger partial charge in [0, 0.05) is 12.4 Å². The van der Waals surface area contributed by atoms with Crippen molar-refractivity contribution in [2.24, 2.45) is 0 Å². The predicted octanol–water partition coefficient (Wildman–Crippen LogP) is -0.617. The highest BCUT2D eigenvalue weighted by molar-refractivity contribution is 4.87. The smallest absolute Gasteiger partial charge is 0.116 e. The molecule has 4 nitrogen and oxygen atoms in total. The van der Waals surface area contributed by atoms with E-state index < -0.39 is 0 Å². The lowest BCUT2D eigenvalue weighted by atomic mass is 10.8. The number of aliphatic hydroxyl groups is 2. The Morgan fingerprint density at radius 2 is 1.50 bits per heavy atom. The van der Waals surface area contributed by atoms with Crippen LogP contribution in [0.2, 0.25) is 0 Å². The largest absolute Gasteiger partial charge is 0.376 e. The summed E-state index contributed by atoms with van der Waals surface area (Å²) in [5.41, 5.74) is 0. The van der Waals surface area contributed by atoms with Gasteiger partial charge in [-0.1, -0.05) is 0 Å². The molecule has 0 saturated heterocycles. The maximum absolute atomic E-state index is 8.55. The highest BCUT2D eigenvalue weighted by Crippen LogP contribution is 2.02. The number of rotatable bonds is 2. The molecule has 0 unspecified atom stereocenters. The van der Waals surface area contributed by atoms with Crippen LogP contribution in [0.5, 0.6) is 0 Å². The minimum absolute atomic E-state index is 0. The zero-order chi connectivity index (χ0) is 6.69. The molecule has 60 valence electrons. The third-order valence-corrected chi connectivity index (χ3v) is 1.21.